The first-order valence-electron chi connectivity index (χ1n) is 10.7. The van der Waals surface area contributed by atoms with Crippen molar-refractivity contribution in [1.29, 1.82) is 0 Å². The lowest BCUT2D eigenvalue weighted by molar-refractivity contribution is -0.156. The number of carbonyl (C=O) groups is 1. The quantitative estimate of drug-likeness (QED) is 0.401. The summed E-state index contributed by atoms with van der Waals surface area (Å²) in [6.45, 7) is 5.79. The highest BCUT2D eigenvalue weighted by Gasteiger charge is 2.20. The maximum absolute atomic E-state index is 12.1. The first kappa shape index (κ1) is 22.6. The Bertz CT molecular complexity index is 921. The fourth-order valence-corrected chi connectivity index (χ4v) is 3.06. The number of rotatable bonds is 12. The molecule has 0 fully saturated rings. The van der Waals surface area contributed by atoms with E-state index in [4.69, 9.17) is 18.6 Å². The number of nitrogens with zero attached hydrogens (tertiary/aromatic N) is 2. The highest BCUT2D eigenvalue weighted by atomic mass is 16.6. The summed E-state index contributed by atoms with van der Waals surface area (Å²) in [4.78, 5) is 18.5. The van der Waals surface area contributed by atoms with Crippen LogP contribution in [0.15, 0.2) is 52.9 Å². The van der Waals surface area contributed by atoms with Gasteiger partial charge < -0.3 is 23.5 Å². The number of ether oxygens (including phenoxy) is 3. The monoisotopic (exact) mass is 426 g/mol. The van der Waals surface area contributed by atoms with Gasteiger partial charge in [-0.3, -0.25) is 0 Å². The molecule has 7 heteroatoms. The normalized spacial score (nSPS) is 12.0. The third-order valence-electron chi connectivity index (χ3n) is 4.72. The highest BCUT2D eigenvalue weighted by molar-refractivity contribution is 5.75. The summed E-state index contributed by atoms with van der Waals surface area (Å²) in [5.74, 6) is 0.440. The Hall–Kier alpha value is -3.06. The number of oxazole rings is 1. The van der Waals surface area contributed by atoms with E-state index in [0.29, 0.717) is 38.8 Å². The van der Waals surface area contributed by atoms with E-state index in [1.54, 1.807) is 6.92 Å². The number of anilines is 1. The van der Waals surface area contributed by atoms with Crippen LogP contribution in [0.4, 0.5) is 6.01 Å². The van der Waals surface area contributed by atoms with E-state index in [1.807, 2.05) is 67.4 Å². The van der Waals surface area contributed by atoms with E-state index >= 15 is 0 Å². The molecular formula is C24H30N2O5. The summed E-state index contributed by atoms with van der Waals surface area (Å²) < 4.78 is 22.4. The van der Waals surface area contributed by atoms with Crippen molar-refractivity contribution in [2.45, 2.75) is 32.8 Å². The molecule has 3 rings (SSSR count). The first-order valence-corrected chi connectivity index (χ1v) is 10.7. The van der Waals surface area contributed by atoms with Crippen LogP contribution in [0.3, 0.4) is 0 Å². The first-order chi connectivity index (χ1) is 15.1. The summed E-state index contributed by atoms with van der Waals surface area (Å²) in [5, 5.41) is 0. The van der Waals surface area contributed by atoms with Gasteiger partial charge in [-0.2, -0.15) is 4.98 Å². The fraction of sp³-hybridized carbons (Fsp3) is 0.417. The van der Waals surface area contributed by atoms with E-state index in [2.05, 4.69) is 4.98 Å². The van der Waals surface area contributed by atoms with Crippen molar-refractivity contribution < 1.29 is 23.4 Å². The third-order valence-corrected chi connectivity index (χ3v) is 4.72. The average Bonchev–Trinajstić information content (AvgIpc) is 3.22. The molecule has 166 valence electrons. The van der Waals surface area contributed by atoms with E-state index in [1.165, 1.54) is 0 Å². The van der Waals surface area contributed by atoms with Gasteiger partial charge in [0.1, 0.15) is 17.9 Å². The zero-order valence-electron chi connectivity index (χ0n) is 18.4. The lowest BCUT2D eigenvalue weighted by atomic mass is 10.1. The highest BCUT2D eigenvalue weighted by Crippen LogP contribution is 2.21. The molecule has 0 saturated heterocycles. The van der Waals surface area contributed by atoms with Gasteiger partial charge >= 0.3 is 5.97 Å². The number of para-hydroxylation sites is 2. The van der Waals surface area contributed by atoms with Gasteiger partial charge in [-0.05, 0) is 43.2 Å². The van der Waals surface area contributed by atoms with Gasteiger partial charge in [0, 0.05) is 20.1 Å². The van der Waals surface area contributed by atoms with Gasteiger partial charge in [0.2, 0.25) is 0 Å². The van der Waals surface area contributed by atoms with Crippen LogP contribution in [-0.4, -0.2) is 50.5 Å². The Morgan fingerprint density at radius 3 is 2.58 bits per heavy atom. The van der Waals surface area contributed by atoms with Crippen molar-refractivity contribution >= 4 is 23.1 Å². The molecule has 2 aromatic carbocycles. The number of benzene rings is 2. The maximum Gasteiger partial charge on any atom is 0.335 e. The SMILES string of the molecule is CCCOC(Cc1ccc(OCCN(C)c2nc3ccccc3o2)cc1)C(=O)OCC. The van der Waals surface area contributed by atoms with Crippen LogP contribution < -0.4 is 9.64 Å². The van der Waals surface area contributed by atoms with Gasteiger partial charge in [-0.25, -0.2) is 4.79 Å². The van der Waals surface area contributed by atoms with Crippen LogP contribution in [0.1, 0.15) is 25.8 Å². The summed E-state index contributed by atoms with van der Waals surface area (Å²) in [5.41, 5.74) is 2.60. The van der Waals surface area contributed by atoms with Crippen LogP contribution >= 0.6 is 0 Å². The smallest absolute Gasteiger partial charge is 0.335 e. The van der Waals surface area contributed by atoms with Crippen LogP contribution in [-0.2, 0) is 20.7 Å². The molecule has 0 aliphatic rings. The Labute approximate surface area is 182 Å². The maximum atomic E-state index is 12.1. The minimum absolute atomic E-state index is 0.321. The standard InChI is InChI=1S/C24H30N2O5/c1-4-15-30-22(23(27)28-5-2)17-18-10-12-19(13-11-18)29-16-14-26(3)24-25-20-8-6-7-9-21(20)31-24/h6-13,22H,4-5,14-17H2,1-3H3. The zero-order valence-corrected chi connectivity index (χ0v) is 18.4. The third kappa shape index (κ3) is 6.46. The molecule has 3 aromatic rings. The van der Waals surface area contributed by atoms with E-state index in [0.717, 1.165) is 28.8 Å². The van der Waals surface area contributed by atoms with Crippen LogP contribution in [0.2, 0.25) is 0 Å². The van der Waals surface area contributed by atoms with E-state index in [9.17, 15) is 4.79 Å². The molecule has 31 heavy (non-hydrogen) atoms. The molecule has 0 spiro atoms. The number of likely N-dealkylation sites (N-methyl/N-ethyl adjacent to an activating group) is 1. The molecule has 0 aliphatic carbocycles. The molecule has 0 amide bonds. The van der Waals surface area contributed by atoms with Gasteiger partial charge in [0.05, 0.1) is 13.2 Å². The molecule has 0 radical (unpaired) electrons. The molecule has 7 nitrogen and oxygen atoms in total. The van der Waals surface area contributed by atoms with Crippen molar-refractivity contribution in [2.75, 3.05) is 38.3 Å². The largest absolute Gasteiger partial charge is 0.492 e. The minimum Gasteiger partial charge on any atom is -0.492 e. The summed E-state index contributed by atoms with van der Waals surface area (Å²) >= 11 is 0. The van der Waals surface area contributed by atoms with Crippen molar-refractivity contribution in [2.24, 2.45) is 0 Å². The molecular weight excluding hydrogens is 396 g/mol. The van der Waals surface area contributed by atoms with Crippen molar-refractivity contribution in [3.05, 3.63) is 54.1 Å². The van der Waals surface area contributed by atoms with Crippen LogP contribution in [0.5, 0.6) is 5.75 Å². The van der Waals surface area contributed by atoms with Gasteiger partial charge in [-0.15, -0.1) is 0 Å². The summed E-state index contributed by atoms with van der Waals surface area (Å²) in [7, 11) is 1.92. The molecule has 0 saturated carbocycles. The van der Waals surface area contributed by atoms with Crippen molar-refractivity contribution in [1.82, 2.24) is 4.98 Å². The topological polar surface area (TPSA) is 74.0 Å². The van der Waals surface area contributed by atoms with Crippen LogP contribution in [0.25, 0.3) is 11.1 Å². The van der Waals surface area contributed by atoms with Crippen molar-refractivity contribution in [3.8, 4) is 5.75 Å². The predicted molar refractivity (Wildman–Crippen MR) is 120 cm³/mol. The number of hydrogen-bond donors (Lipinski definition) is 0. The number of aromatic nitrogens is 1. The lowest BCUT2D eigenvalue weighted by Crippen LogP contribution is -2.29. The Balaban J connectivity index is 1.49. The molecule has 1 aromatic heterocycles. The van der Waals surface area contributed by atoms with E-state index < -0.39 is 6.10 Å². The van der Waals surface area contributed by atoms with Gasteiger partial charge in [0.15, 0.2) is 11.7 Å². The number of esters is 1. The molecule has 1 heterocycles. The second-order valence-corrected chi connectivity index (χ2v) is 7.19. The Morgan fingerprint density at radius 1 is 1.10 bits per heavy atom. The minimum atomic E-state index is -0.586. The van der Waals surface area contributed by atoms with Gasteiger partial charge in [0.25, 0.3) is 6.01 Å². The fourth-order valence-electron chi connectivity index (χ4n) is 3.06. The predicted octanol–water partition coefficient (Wildman–Crippen LogP) is 4.24. The average molecular weight is 427 g/mol. The molecule has 0 bridgehead atoms. The zero-order chi connectivity index (χ0) is 22.1. The Kier molecular flexibility index (Phi) is 8.29. The molecule has 1 unspecified atom stereocenters. The Morgan fingerprint density at radius 2 is 1.87 bits per heavy atom. The number of hydrogen-bond acceptors (Lipinski definition) is 7. The summed E-state index contributed by atoms with van der Waals surface area (Å²) in [6, 6.07) is 15.9. The second kappa shape index (κ2) is 11.4. The lowest BCUT2D eigenvalue weighted by Gasteiger charge is -2.17. The molecule has 0 N–H and O–H groups in total. The van der Waals surface area contributed by atoms with Crippen molar-refractivity contribution in [3.63, 3.8) is 0 Å². The number of carbonyl (C=O) groups excluding carboxylic acids is 1. The number of fused-ring (bicyclic) bond motifs is 1. The van der Waals surface area contributed by atoms with Crippen LogP contribution in [0, 0.1) is 0 Å². The van der Waals surface area contributed by atoms with E-state index in [-0.39, 0.29) is 5.97 Å². The second-order valence-electron chi connectivity index (χ2n) is 7.19. The molecule has 1 atom stereocenters. The molecule has 0 aliphatic heterocycles. The summed E-state index contributed by atoms with van der Waals surface area (Å²) in [6.07, 6.45) is 0.733. The van der Waals surface area contributed by atoms with Gasteiger partial charge in [-0.1, -0.05) is 31.2 Å².